The molecule has 52 heavy (non-hydrogen) atoms. The van der Waals surface area contributed by atoms with E-state index in [1.54, 1.807) is 29.0 Å². The molecule has 10 nitrogen and oxygen atoms in total. The molecule has 0 aromatic heterocycles. The molecule has 3 heterocycles. The fourth-order valence-electron chi connectivity index (χ4n) is 8.47. The van der Waals surface area contributed by atoms with E-state index in [9.17, 15) is 24.3 Å². The van der Waals surface area contributed by atoms with Gasteiger partial charge in [0.1, 0.15) is 17.7 Å². The maximum absolute atomic E-state index is 14.9. The average Bonchev–Trinajstić information content (AvgIpc) is 3.82. The number of carbonyl (C=O) groups excluding carboxylic acids is 4. The van der Waals surface area contributed by atoms with Crippen LogP contribution in [-0.4, -0.2) is 100 Å². The molecule has 2 bridgehead atoms. The highest BCUT2D eigenvalue weighted by Gasteiger charge is 2.75. The third-order valence-electron chi connectivity index (χ3n) is 11.2. The summed E-state index contributed by atoms with van der Waals surface area (Å²) in [6.07, 6.45) is 6.68. The zero-order chi connectivity index (χ0) is 37.4. The number of ether oxygens (including phenoxy) is 2. The van der Waals surface area contributed by atoms with Gasteiger partial charge in [-0.25, -0.2) is 0 Å². The summed E-state index contributed by atoms with van der Waals surface area (Å²) in [5.74, 6) is -3.29. The van der Waals surface area contributed by atoms with E-state index >= 15 is 0 Å². The molecule has 3 aliphatic heterocycles. The number of carbonyl (C=O) groups is 4. The molecular formula is C42H55N3O7. The van der Waals surface area contributed by atoms with Crippen molar-refractivity contribution in [3.8, 4) is 0 Å². The van der Waals surface area contributed by atoms with Crippen molar-refractivity contribution >= 4 is 23.7 Å². The zero-order valence-electron chi connectivity index (χ0n) is 30.9. The predicted octanol–water partition coefficient (Wildman–Crippen LogP) is 5.27. The number of nitrogens with zero attached hydrogens (tertiary/aromatic N) is 3. The molecule has 5 rings (SSSR count). The molecule has 0 radical (unpaired) electrons. The van der Waals surface area contributed by atoms with Crippen LogP contribution in [0.5, 0.6) is 0 Å². The zero-order valence-corrected chi connectivity index (χ0v) is 30.9. The summed E-state index contributed by atoms with van der Waals surface area (Å²) in [6, 6.07) is 16.6. The van der Waals surface area contributed by atoms with Crippen LogP contribution < -0.4 is 0 Å². The molecule has 0 unspecified atom stereocenters. The number of aliphatic hydroxyl groups excluding tert-OH is 1. The number of hydrogen-bond donors (Lipinski definition) is 1. The molecule has 10 heteroatoms. The van der Waals surface area contributed by atoms with Crippen molar-refractivity contribution in [2.75, 3.05) is 26.7 Å². The summed E-state index contributed by atoms with van der Waals surface area (Å²) in [7, 11) is 1.70. The second-order valence-corrected chi connectivity index (χ2v) is 14.4. The molecular weight excluding hydrogens is 658 g/mol. The number of allylic oxidation sites excluding steroid dienone is 1. The Morgan fingerprint density at radius 2 is 1.77 bits per heavy atom. The number of hydrogen-bond acceptors (Lipinski definition) is 7. The largest absolute Gasteiger partial charge is 0.455 e. The Labute approximate surface area is 308 Å². The van der Waals surface area contributed by atoms with E-state index in [4.69, 9.17) is 9.47 Å². The number of esters is 1. The average molecular weight is 714 g/mol. The molecule has 0 aliphatic carbocycles. The lowest BCUT2D eigenvalue weighted by atomic mass is 9.70. The Bertz CT molecular complexity index is 1570. The molecule has 3 saturated heterocycles. The van der Waals surface area contributed by atoms with Gasteiger partial charge in [0.15, 0.2) is 0 Å². The number of unbranched alkanes of at least 4 members (excludes halogenated alkanes) is 2. The van der Waals surface area contributed by atoms with Crippen LogP contribution in [0.2, 0.25) is 0 Å². The Morgan fingerprint density at radius 1 is 1.08 bits per heavy atom. The second-order valence-electron chi connectivity index (χ2n) is 14.4. The van der Waals surface area contributed by atoms with Gasteiger partial charge in [-0.15, -0.1) is 13.2 Å². The van der Waals surface area contributed by atoms with Crippen LogP contribution in [0.1, 0.15) is 76.0 Å². The van der Waals surface area contributed by atoms with E-state index in [1.165, 1.54) is 4.90 Å². The smallest absolute Gasteiger partial charge is 0.313 e. The van der Waals surface area contributed by atoms with E-state index in [-0.39, 0.29) is 30.7 Å². The van der Waals surface area contributed by atoms with Crippen LogP contribution in [0.25, 0.3) is 0 Å². The lowest BCUT2D eigenvalue weighted by Crippen LogP contribution is -2.59. The molecule has 3 fully saturated rings. The van der Waals surface area contributed by atoms with Gasteiger partial charge < -0.3 is 29.3 Å². The minimum Gasteiger partial charge on any atom is -0.455 e. The van der Waals surface area contributed by atoms with E-state index < -0.39 is 53.7 Å². The fraction of sp³-hybridized carbons (Fsp3) is 0.524. The molecule has 8 atom stereocenters. The Morgan fingerprint density at radius 3 is 2.40 bits per heavy atom. The first kappa shape index (κ1) is 38.9. The molecule has 280 valence electrons. The minimum atomic E-state index is -1.26. The van der Waals surface area contributed by atoms with Gasteiger partial charge in [0.25, 0.3) is 0 Å². The normalized spacial score (nSPS) is 24.8. The summed E-state index contributed by atoms with van der Waals surface area (Å²) in [5.41, 5.74) is 0.365. The molecule has 1 N–H and O–H groups in total. The minimum absolute atomic E-state index is 0.106. The van der Waals surface area contributed by atoms with Gasteiger partial charge in [0.2, 0.25) is 17.7 Å². The van der Waals surface area contributed by atoms with Crippen molar-refractivity contribution in [2.45, 2.75) is 101 Å². The molecule has 2 aromatic rings. The van der Waals surface area contributed by atoms with Gasteiger partial charge in [-0.3, -0.25) is 19.2 Å². The van der Waals surface area contributed by atoms with E-state index in [0.29, 0.717) is 44.3 Å². The van der Waals surface area contributed by atoms with Gasteiger partial charge in [-0.05, 0) is 50.2 Å². The van der Waals surface area contributed by atoms with Crippen molar-refractivity contribution in [3.63, 3.8) is 0 Å². The number of fused-ring (bicyclic) bond motifs is 1. The lowest BCUT2D eigenvalue weighted by Gasteiger charge is -2.39. The summed E-state index contributed by atoms with van der Waals surface area (Å²) >= 11 is 0. The van der Waals surface area contributed by atoms with Gasteiger partial charge in [-0.2, -0.15) is 0 Å². The van der Waals surface area contributed by atoms with Crippen LogP contribution in [-0.2, 0) is 35.1 Å². The SMILES string of the molecule is C=CCCC(=O)N(C)[C@H](C)[C@H](OC(=O)[C@@H]1[C@@H]2CC[C@]3(O2)[C@H](C(=O)N(CC=C)CCCCC)N([C@@H](CO)Cc2ccccc2)C(=O)[C@@H]13)c1ccccc1. The summed E-state index contributed by atoms with van der Waals surface area (Å²) in [4.78, 5) is 62.2. The molecule has 2 aromatic carbocycles. The standard InChI is InChI=1S/C42H55N3O7/c1-6-9-17-26-44(25-8-3)40(49)38-42-24-23-33(52-42)35(36(42)39(48)45(38)32(28-46)27-30-18-13-11-14-19-30)41(50)51-37(31-20-15-12-16-21-31)29(4)43(5)34(47)22-10-7-2/h7-8,11-16,18-21,29,32-33,35-38,46H,2-3,6,9-10,17,22-28H2,1,4-5H3/t29-,32-,33+,35-,36-,37+,38+,42-/m1/s1. The second kappa shape index (κ2) is 17.5. The molecule has 1 spiro atoms. The van der Waals surface area contributed by atoms with E-state index in [2.05, 4.69) is 20.1 Å². The fourth-order valence-corrected chi connectivity index (χ4v) is 8.47. The lowest BCUT2D eigenvalue weighted by molar-refractivity contribution is -0.165. The van der Waals surface area contributed by atoms with Crippen molar-refractivity contribution < 1.29 is 33.8 Å². The Balaban J connectivity index is 1.51. The maximum Gasteiger partial charge on any atom is 0.313 e. The number of likely N-dealkylation sites (tertiary alicyclic amines) is 1. The predicted molar refractivity (Wildman–Crippen MR) is 199 cm³/mol. The first-order chi connectivity index (χ1) is 25.1. The number of rotatable bonds is 19. The third-order valence-corrected chi connectivity index (χ3v) is 11.2. The van der Waals surface area contributed by atoms with Gasteiger partial charge >= 0.3 is 5.97 Å². The summed E-state index contributed by atoms with van der Waals surface area (Å²) in [6.45, 7) is 12.0. The van der Waals surface area contributed by atoms with Crippen molar-refractivity contribution in [1.82, 2.24) is 14.7 Å². The molecule has 3 aliphatic rings. The number of likely N-dealkylation sites (N-methyl/N-ethyl adjacent to an activating group) is 1. The maximum atomic E-state index is 14.9. The van der Waals surface area contributed by atoms with Crippen molar-refractivity contribution in [2.24, 2.45) is 11.8 Å². The molecule has 3 amide bonds. The highest BCUT2D eigenvalue weighted by Crippen LogP contribution is 2.59. The Hall–Kier alpha value is -4.28. The Kier molecular flexibility index (Phi) is 13.1. The van der Waals surface area contributed by atoms with Gasteiger partial charge in [0, 0.05) is 26.6 Å². The van der Waals surface area contributed by atoms with Crippen LogP contribution in [0.3, 0.4) is 0 Å². The van der Waals surface area contributed by atoms with E-state index in [0.717, 1.165) is 24.8 Å². The highest BCUT2D eigenvalue weighted by atomic mass is 16.6. The first-order valence-electron chi connectivity index (χ1n) is 18.8. The quantitative estimate of drug-likeness (QED) is 0.120. The topological polar surface area (TPSA) is 117 Å². The molecule has 0 saturated carbocycles. The monoisotopic (exact) mass is 713 g/mol. The highest BCUT2D eigenvalue weighted by molar-refractivity contribution is 5.98. The van der Waals surface area contributed by atoms with Gasteiger partial charge in [0.05, 0.1) is 36.6 Å². The van der Waals surface area contributed by atoms with Crippen molar-refractivity contribution in [1.29, 1.82) is 0 Å². The van der Waals surface area contributed by atoms with Crippen LogP contribution >= 0.6 is 0 Å². The summed E-state index contributed by atoms with van der Waals surface area (Å²) in [5, 5.41) is 10.8. The van der Waals surface area contributed by atoms with E-state index in [1.807, 2.05) is 67.6 Å². The van der Waals surface area contributed by atoms with Crippen LogP contribution in [0.15, 0.2) is 86.0 Å². The van der Waals surface area contributed by atoms with Gasteiger partial charge in [-0.1, -0.05) is 92.6 Å². The third kappa shape index (κ3) is 7.74. The number of aliphatic hydroxyl groups is 1. The van der Waals surface area contributed by atoms with Crippen LogP contribution in [0.4, 0.5) is 0 Å². The van der Waals surface area contributed by atoms with Crippen LogP contribution in [0, 0.1) is 11.8 Å². The number of benzene rings is 2. The first-order valence-corrected chi connectivity index (χ1v) is 18.8. The number of amides is 3. The summed E-state index contributed by atoms with van der Waals surface area (Å²) < 4.78 is 13.1. The van der Waals surface area contributed by atoms with Crippen molar-refractivity contribution in [3.05, 3.63) is 97.1 Å².